The highest BCUT2D eigenvalue weighted by atomic mass is 35.5. The van der Waals surface area contributed by atoms with Gasteiger partial charge in [-0.15, -0.1) is 0 Å². The average molecular weight is 367 g/mol. The predicted octanol–water partition coefficient (Wildman–Crippen LogP) is 3.85. The van der Waals surface area contributed by atoms with E-state index in [0.29, 0.717) is 10.1 Å². The number of hydrogen-bond donors (Lipinski definition) is 4. The third-order valence-corrected chi connectivity index (χ3v) is 4.27. The summed E-state index contributed by atoms with van der Waals surface area (Å²) in [6.45, 7) is 0. The van der Waals surface area contributed by atoms with Gasteiger partial charge >= 0.3 is 0 Å². The van der Waals surface area contributed by atoms with E-state index in [-0.39, 0.29) is 12.2 Å². The van der Waals surface area contributed by atoms with Crippen molar-refractivity contribution in [1.29, 1.82) is 0 Å². The van der Waals surface area contributed by atoms with E-state index in [1.165, 1.54) is 5.56 Å². The van der Waals surface area contributed by atoms with Gasteiger partial charge < -0.3 is 10.6 Å². The summed E-state index contributed by atoms with van der Waals surface area (Å²) in [6.07, 6.45) is 0.897. The molecule has 2 aromatic carbocycles. The van der Waals surface area contributed by atoms with Crippen molar-refractivity contribution in [2.24, 2.45) is 0 Å². The number of halogens is 2. The fourth-order valence-corrected chi connectivity index (χ4v) is 3.03. The van der Waals surface area contributed by atoms with Crippen molar-refractivity contribution in [2.75, 3.05) is 5.32 Å². The van der Waals surface area contributed by atoms with Crippen molar-refractivity contribution >= 4 is 46.2 Å². The molecule has 4 N–H and O–H groups in total. The molecule has 7 heteroatoms. The second-order valence-corrected chi connectivity index (χ2v) is 6.57. The topological polar surface area (TPSA) is 48.1 Å². The van der Waals surface area contributed by atoms with E-state index in [1.807, 2.05) is 48.5 Å². The Morgan fingerprint density at radius 2 is 1.83 bits per heavy atom. The molecule has 1 aliphatic heterocycles. The van der Waals surface area contributed by atoms with Gasteiger partial charge in [0.05, 0.1) is 6.17 Å². The highest BCUT2D eigenvalue weighted by molar-refractivity contribution is 7.80. The van der Waals surface area contributed by atoms with Crippen molar-refractivity contribution in [3.8, 4) is 0 Å². The van der Waals surface area contributed by atoms with E-state index >= 15 is 0 Å². The van der Waals surface area contributed by atoms with Crippen LogP contribution < -0.4 is 21.5 Å². The molecular weight excluding hydrogens is 351 g/mol. The zero-order valence-electron chi connectivity index (χ0n) is 12.1. The molecule has 0 bridgehead atoms. The van der Waals surface area contributed by atoms with Gasteiger partial charge in [-0.3, -0.25) is 0 Å². The number of hydrazine groups is 1. The molecule has 0 saturated carbocycles. The van der Waals surface area contributed by atoms with Gasteiger partial charge in [-0.2, -0.15) is 0 Å². The van der Waals surface area contributed by atoms with Gasteiger partial charge in [0.15, 0.2) is 5.11 Å². The van der Waals surface area contributed by atoms with Crippen LogP contribution in [-0.2, 0) is 0 Å². The minimum Gasteiger partial charge on any atom is -0.346 e. The van der Waals surface area contributed by atoms with Gasteiger partial charge in [0.1, 0.15) is 0 Å². The lowest BCUT2D eigenvalue weighted by molar-refractivity contribution is 0.524. The molecular formula is C16H16Cl2N4S. The van der Waals surface area contributed by atoms with Crippen LogP contribution in [0.25, 0.3) is 0 Å². The summed E-state index contributed by atoms with van der Waals surface area (Å²) >= 11 is 17.2. The monoisotopic (exact) mass is 366 g/mol. The number of benzene rings is 2. The summed E-state index contributed by atoms with van der Waals surface area (Å²) in [4.78, 5) is 0. The van der Waals surface area contributed by atoms with Crippen LogP contribution in [0.2, 0.25) is 10.0 Å². The maximum atomic E-state index is 5.96. The first-order chi connectivity index (χ1) is 11.1. The van der Waals surface area contributed by atoms with E-state index in [4.69, 9.17) is 35.4 Å². The summed E-state index contributed by atoms with van der Waals surface area (Å²) in [6, 6.07) is 15.5. The number of nitrogens with one attached hydrogen (secondary N) is 4. The van der Waals surface area contributed by atoms with Crippen molar-refractivity contribution in [1.82, 2.24) is 16.2 Å². The first kappa shape index (κ1) is 16.5. The zero-order valence-corrected chi connectivity index (χ0v) is 14.5. The Kier molecular flexibility index (Phi) is 5.35. The molecule has 120 valence electrons. The molecule has 0 radical (unpaired) electrons. The number of hydrogen-bond acceptors (Lipinski definition) is 3. The summed E-state index contributed by atoms with van der Waals surface area (Å²) in [7, 11) is 0. The number of thiocarbonyl (C=S) groups is 1. The summed E-state index contributed by atoms with van der Waals surface area (Å²) < 4.78 is 0. The maximum absolute atomic E-state index is 5.96. The lowest BCUT2D eigenvalue weighted by Gasteiger charge is -2.16. The van der Waals surface area contributed by atoms with Crippen LogP contribution >= 0.6 is 35.4 Å². The van der Waals surface area contributed by atoms with Gasteiger partial charge in [-0.25, -0.2) is 10.9 Å². The Labute approximate surface area is 150 Å². The number of anilines is 1. The largest absolute Gasteiger partial charge is 0.346 e. The SMILES string of the molecule is S=C(Nc1cccc(Cl)c1)NC1CC(c2ccc(Cl)cc2)NN1. The summed E-state index contributed by atoms with van der Waals surface area (Å²) in [5, 5.41) is 8.31. The van der Waals surface area contributed by atoms with E-state index in [1.54, 1.807) is 0 Å². The Morgan fingerprint density at radius 3 is 2.57 bits per heavy atom. The molecule has 1 aliphatic rings. The average Bonchev–Trinajstić information content (AvgIpc) is 2.96. The fraction of sp³-hybridized carbons (Fsp3) is 0.188. The van der Waals surface area contributed by atoms with Gasteiger partial charge in [0, 0.05) is 28.2 Å². The van der Waals surface area contributed by atoms with Gasteiger partial charge in [-0.05, 0) is 48.1 Å². The quantitative estimate of drug-likeness (QED) is 0.621. The highest BCUT2D eigenvalue weighted by Crippen LogP contribution is 2.23. The number of rotatable bonds is 3. The van der Waals surface area contributed by atoms with Gasteiger partial charge in [0.2, 0.25) is 0 Å². The Bertz CT molecular complexity index is 693. The normalized spacial score (nSPS) is 20.3. The molecule has 1 fully saturated rings. The molecule has 4 nitrogen and oxygen atoms in total. The first-order valence-corrected chi connectivity index (χ1v) is 8.36. The van der Waals surface area contributed by atoms with Crippen LogP contribution in [0, 0.1) is 0 Å². The van der Waals surface area contributed by atoms with E-state index in [9.17, 15) is 0 Å². The lowest BCUT2D eigenvalue weighted by atomic mass is 10.0. The standard InChI is InChI=1S/C16H16Cl2N4S/c17-11-6-4-10(5-7-11)14-9-15(22-21-14)20-16(23)19-13-3-1-2-12(18)8-13/h1-8,14-15,21-22H,9H2,(H2,19,20,23). The third-order valence-electron chi connectivity index (χ3n) is 3.56. The van der Waals surface area contributed by atoms with Crippen molar-refractivity contribution < 1.29 is 0 Å². The second-order valence-electron chi connectivity index (χ2n) is 5.29. The van der Waals surface area contributed by atoms with Crippen molar-refractivity contribution in [3.63, 3.8) is 0 Å². The molecule has 3 rings (SSSR count). The Hall–Kier alpha value is -1.37. The van der Waals surface area contributed by atoms with Crippen LogP contribution in [-0.4, -0.2) is 11.3 Å². The summed E-state index contributed by atoms with van der Waals surface area (Å²) in [5.74, 6) is 0. The van der Waals surface area contributed by atoms with Crippen LogP contribution in [0.1, 0.15) is 18.0 Å². The molecule has 23 heavy (non-hydrogen) atoms. The molecule has 2 aromatic rings. The maximum Gasteiger partial charge on any atom is 0.172 e. The zero-order chi connectivity index (χ0) is 16.2. The van der Waals surface area contributed by atoms with Crippen LogP contribution in [0.15, 0.2) is 48.5 Å². The Morgan fingerprint density at radius 1 is 1.04 bits per heavy atom. The van der Waals surface area contributed by atoms with Gasteiger partial charge in [0.25, 0.3) is 0 Å². The van der Waals surface area contributed by atoms with Gasteiger partial charge in [-0.1, -0.05) is 41.4 Å². The second kappa shape index (κ2) is 7.47. The van der Waals surface area contributed by atoms with Crippen LogP contribution in [0.3, 0.4) is 0 Å². The van der Waals surface area contributed by atoms with Crippen molar-refractivity contribution in [2.45, 2.75) is 18.6 Å². The molecule has 2 unspecified atom stereocenters. The third kappa shape index (κ3) is 4.56. The smallest absolute Gasteiger partial charge is 0.172 e. The molecule has 0 aliphatic carbocycles. The minimum atomic E-state index is 0.0369. The molecule has 0 spiro atoms. The fourth-order valence-electron chi connectivity index (χ4n) is 2.46. The summed E-state index contributed by atoms with van der Waals surface area (Å²) in [5.41, 5.74) is 8.49. The predicted molar refractivity (Wildman–Crippen MR) is 99.7 cm³/mol. The van der Waals surface area contributed by atoms with E-state index in [0.717, 1.165) is 17.1 Å². The highest BCUT2D eigenvalue weighted by Gasteiger charge is 2.25. The Balaban J connectivity index is 1.53. The molecule has 1 saturated heterocycles. The molecule has 1 heterocycles. The first-order valence-electron chi connectivity index (χ1n) is 7.20. The van der Waals surface area contributed by atoms with Crippen LogP contribution in [0.5, 0.6) is 0 Å². The lowest BCUT2D eigenvalue weighted by Crippen LogP contribution is -2.45. The molecule has 2 atom stereocenters. The molecule has 0 aromatic heterocycles. The van der Waals surface area contributed by atoms with Crippen molar-refractivity contribution in [3.05, 3.63) is 64.1 Å². The van der Waals surface area contributed by atoms with E-state index < -0.39 is 0 Å². The molecule has 0 amide bonds. The minimum absolute atomic E-state index is 0.0369. The van der Waals surface area contributed by atoms with E-state index in [2.05, 4.69) is 21.5 Å². The van der Waals surface area contributed by atoms with Crippen LogP contribution in [0.4, 0.5) is 5.69 Å².